The maximum absolute atomic E-state index is 5.90. The van der Waals surface area contributed by atoms with Gasteiger partial charge in [0.25, 0.3) is 0 Å². The highest BCUT2D eigenvalue weighted by Crippen LogP contribution is 2.13. The molecule has 22 heavy (non-hydrogen) atoms. The Hall–Kier alpha value is -2.76. The molecule has 2 heterocycles. The lowest BCUT2D eigenvalue weighted by atomic mass is 10.2. The van der Waals surface area contributed by atoms with Crippen LogP contribution >= 0.6 is 0 Å². The van der Waals surface area contributed by atoms with Crippen LogP contribution in [0.4, 0.5) is 5.82 Å². The molecule has 0 amide bonds. The average Bonchev–Trinajstić information content (AvgIpc) is 3.07. The summed E-state index contributed by atoms with van der Waals surface area (Å²) in [5.41, 5.74) is 8.94. The van der Waals surface area contributed by atoms with E-state index in [-0.39, 0.29) is 0 Å². The number of aryl methyl sites for hydroxylation is 1. The van der Waals surface area contributed by atoms with Gasteiger partial charge in [-0.05, 0) is 24.6 Å². The minimum Gasteiger partial charge on any atom is -0.497 e. The number of nitrogens with zero attached hydrogens (tertiary/aromatic N) is 4. The molecule has 1 aromatic carbocycles. The lowest BCUT2D eigenvalue weighted by molar-refractivity contribution is 0.414. The Morgan fingerprint density at radius 2 is 1.95 bits per heavy atom. The van der Waals surface area contributed by atoms with Crippen LogP contribution in [0.2, 0.25) is 0 Å². The van der Waals surface area contributed by atoms with Crippen molar-refractivity contribution in [3.05, 3.63) is 59.8 Å². The van der Waals surface area contributed by atoms with Gasteiger partial charge in [-0.25, -0.2) is 9.67 Å². The van der Waals surface area contributed by atoms with E-state index in [2.05, 4.69) is 10.1 Å². The van der Waals surface area contributed by atoms with Gasteiger partial charge in [0.15, 0.2) is 0 Å². The zero-order chi connectivity index (χ0) is 15.5. The van der Waals surface area contributed by atoms with Gasteiger partial charge in [-0.1, -0.05) is 12.1 Å². The van der Waals surface area contributed by atoms with Crippen molar-refractivity contribution in [1.29, 1.82) is 0 Å². The SMILES string of the molecule is COc1ccc(Cn2cnc(Cn3nc(C)cc3N)c2)cc1. The summed E-state index contributed by atoms with van der Waals surface area (Å²) in [7, 11) is 1.67. The van der Waals surface area contributed by atoms with E-state index in [1.165, 1.54) is 5.56 Å². The number of anilines is 1. The molecule has 0 saturated heterocycles. The topological polar surface area (TPSA) is 70.9 Å². The fraction of sp³-hybridized carbons (Fsp3) is 0.250. The molecule has 3 aromatic rings. The Bertz CT molecular complexity index is 757. The Morgan fingerprint density at radius 3 is 2.59 bits per heavy atom. The van der Waals surface area contributed by atoms with Gasteiger partial charge < -0.3 is 15.0 Å². The molecule has 6 nitrogen and oxygen atoms in total. The highest BCUT2D eigenvalue weighted by Gasteiger charge is 2.05. The third-order valence-corrected chi connectivity index (χ3v) is 3.46. The summed E-state index contributed by atoms with van der Waals surface area (Å²) < 4.78 is 8.97. The van der Waals surface area contributed by atoms with Crippen LogP contribution in [0.15, 0.2) is 42.9 Å². The molecular weight excluding hydrogens is 278 g/mol. The number of nitrogens with two attached hydrogens (primary N) is 1. The predicted octanol–water partition coefficient (Wildman–Crippen LogP) is 2.08. The molecule has 0 aliphatic rings. The summed E-state index contributed by atoms with van der Waals surface area (Å²) in [4.78, 5) is 4.41. The molecule has 2 N–H and O–H groups in total. The highest BCUT2D eigenvalue weighted by molar-refractivity contribution is 5.31. The van der Waals surface area contributed by atoms with Crippen molar-refractivity contribution in [2.45, 2.75) is 20.0 Å². The quantitative estimate of drug-likeness (QED) is 0.782. The zero-order valence-corrected chi connectivity index (χ0v) is 12.7. The molecule has 0 aliphatic heterocycles. The van der Waals surface area contributed by atoms with Crippen molar-refractivity contribution in [3.8, 4) is 5.75 Å². The molecule has 0 fully saturated rings. The Kier molecular flexibility index (Phi) is 3.82. The van der Waals surface area contributed by atoms with Crippen molar-refractivity contribution in [2.24, 2.45) is 0 Å². The Labute approximate surface area is 129 Å². The van der Waals surface area contributed by atoms with E-state index in [1.807, 2.05) is 54.3 Å². The van der Waals surface area contributed by atoms with Crippen LogP contribution in [-0.2, 0) is 13.1 Å². The van der Waals surface area contributed by atoms with E-state index in [1.54, 1.807) is 11.8 Å². The summed E-state index contributed by atoms with van der Waals surface area (Å²) in [5, 5.41) is 4.35. The number of rotatable bonds is 5. The smallest absolute Gasteiger partial charge is 0.122 e. The van der Waals surface area contributed by atoms with E-state index < -0.39 is 0 Å². The lowest BCUT2D eigenvalue weighted by Gasteiger charge is -2.04. The van der Waals surface area contributed by atoms with Crippen molar-refractivity contribution in [1.82, 2.24) is 19.3 Å². The minimum atomic E-state index is 0.579. The molecule has 6 heteroatoms. The van der Waals surface area contributed by atoms with Crippen molar-refractivity contribution in [2.75, 3.05) is 12.8 Å². The van der Waals surface area contributed by atoms with Gasteiger partial charge in [-0.3, -0.25) is 0 Å². The van der Waals surface area contributed by atoms with E-state index in [4.69, 9.17) is 10.5 Å². The lowest BCUT2D eigenvalue weighted by Crippen LogP contribution is -2.06. The second-order valence-corrected chi connectivity index (χ2v) is 5.25. The first-order valence-electron chi connectivity index (χ1n) is 7.07. The van der Waals surface area contributed by atoms with Crippen LogP contribution in [-0.4, -0.2) is 26.4 Å². The number of ether oxygens (including phenoxy) is 1. The molecule has 0 spiro atoms. The predicted molar refractivity (Wildman–Crippen MR) is 84.8 cm³/mol. The summed E-state index contributed by atoms with van der Waals surface area (Å²) in [6, 6.07) is 9.87. The van der Waals surface area contributed by atoms with E-state index in [9.17, 15) is 0 Å². The molecule has 0 radical (unpaired) electrons. The van der Waals surface area contributed by atoms with Crippen LogP contribution in [0.25, 0.3) is 0 Å². The first kappa shape index (κ1) is 14.2. The second kappa shape index (κ2) is 5.93. The normalized spacial score (nSPS) is 10.8. The van der Waals surface area contributed by atoms with Crippen LogP contribution in [0, 0.1) is 6.92 Å². The molecule has 0 atom stereocenters. The van der Waals surface area contributed by atoms with Crippen molar-refractivity contribution >= 4 is 5.82 Å². The van der Waals surface area contributed by atoms with Gasteiger partial charge in [0, 0.05) is 18.8 Å². The van der Waals surface area contributed by atoms with Gasteiger partial charge in [-0.2, -0.15) is 5.10 Å². The first-order chi connectivity index (χ1) is 10.6. The molecule has 0 saturated carbocycles. The monoisotopic (exact) mass is 297 g/mol. The van der Waals surface area contributed by atoms with Gasteiger partial charge in [0.1, 0.15) is 11.6 Å². The molecule has 3 rings (SSSR count). The molecule has 0 bridgehead atoms. The van der Waals surface area contributed by atoms with Gasteiger partial charge in [0.05, 0.1) is 31.4 Å². The summed E-state index contributed by atoms with van der Waals surface area (Å²) >= 11 is 0. The minimum absolute atomic E-state index is 0.579. The number of hydrogen-bond acceptors (Lipinski definition) is 4. The number of hydrogen-bond donors (Lipinski definition) is 1. The first-order valence-corrected chi connectivity index (χ1v) is 7.07. The number of nitrogen functional groups attached to an aromatic ring is 1. The van der Waals surface area contributed by atoms with E-state index >= 15 is 0 Å². The fourth-order valence-corrected chi connectivity index (χ4v) is 2.36. The van der Waals surface area contributed by atoms with Gasteiger partial charge in [0.2, 0.25) is 0 Å². The van der Waals surface area contributed by atoms with E-state index in [0.717, 1.165) is 23.7 Å². The van der Waals surface area contributed by atoms with Crippen LogP contribution in [0.5, 0.6) is 5.75 Å². The Balaban J connectivity index is 1.69. The van der Waals surface area contributed by atoms with Crippen molar-refractivity contribution < 1.29 is 4.74 Å². The Morgan fingerprint density at radius 1 is 1.18 bits per heavy atom. The second-order valence-electron chi connectivity index (χ2n) is 5.25. The van der Waals surface area contributed by atoms with Gasteiger partial charge in [-0.15, -0.1) is 0 Å². The van der Waals surface area contributed by atoms with Crippen LogP contribution < -0.4 is 10.5 Å². The number of aromatic nitrogens is 4. The number of benzene rings is 1. The summed E-state index contributed by atoms with van der Waals surface area (Å²) in [5.74, 6) is 1.52. The van der Waals surface area contributed by atoms with E-state index in [0.29, 0.717) is 12.4 Å². The summed E-state index contributed by atoms with van der Waals surface area (Å²) in [6.07, 6.45) is 3.84. The molecular formula is C16H19N5O. The zero-order valence-electron chi connectivity index (χ0n) is 12.7. The molecule has 2 aromatic heterocycles. The van der Waals surface area contributed by atoms with Crippen molar-refractivity contribution in [3.63, 3.8) is 0 Å². The van der Waals surface area contributed by atoms with Crippen LogP contribution in [0.1, 0.15) is 17.0 Å². The third kappa shape index (κ3) is 3.11. The molecule has 0 aliphatic carbocycles. The molecule has 0 unspecified atom stereocenters. The maximum Gasteiger partial charge on any atom is 0.122 e. The van der Waals surface area contributed by atoms with Crippen LogP contribution in [0.3, 0.4) is 0 Å². The van der Waals surface area contributed by atoms with Gasteiger partial charge >= 0.3 is 0 Å². The number of imidazole rings is 1. The number of methoxy groups -OCH3 is 1. The largest absolute Gasteiger partial charge is 0.497 e. The third-order valence-electron chi connectivity index (χ3n) is 3.46. The molecule has 114 valence electrons. The highest BCUT2D eigenvalue weighted by atomic mass is 16.5. The summed E-state index contributed by atoms with van der Waals surface area (Å²) in [6.45, 7) is 3.27. The standard InChI is InChI=1S/C16H19N5O/c1-12-7-16(17)21(19-12)10-14-9-20(11-18-14)8-13-3-5-15(22-2)6-4-13/h3-7,9,11H,8,10,17H2,1-2H3. The average molecular weight is 297 g/mol. The maximum atomic E-state index is 5.90. The fourth-order valence-electron chi connectivity index (χ4n) is 2.36.